The van der Waals surface area contributed by atoms with Crippen molar-refractivity contribution in [1.82, 2.24) is 4.98 Å². The van der Waals surface area contributed by atoms with Gasteiger partial charge in [0.25, 0.3) is 5.92 Å². The minimum atomic E-state index is -2.78. The van der Waals surface area contributed by atoms with Crippen molar-refractivity contribution in [2.45, 2.75) is 47.5 Å². The largest absolute Gasteiger partial charge is 0.272 e. The summed E-state index contributed by atoms with van der Waals surface area (Å²) in [5.74, 6) is -2.78. The van der Waals surface area contributed by atoms with Crippen molar-refractivity contribution in [3.63, 3.8) is 0 Å². The zero-order valence-corrected chi connectivity index (χ0v) is 10.4. The molecule has 1 nitrogen and oxygen atoms in total. The number of aryl methyl sites for hydroxylation is 1. The molecule has 0 bridgehead atoms. The highest BCUT2D eigenvalue weighted by atomic mass is 19.3. The van der Waals surface area contributed by atoms with Crippen LogP contribution in [-0.4, -0.2) is 4.98 Å². The first kappa shape index (κ1) is 16.4. The van der Waals surface area contributed by atoms with Crippen LogP contribution in [0.3, 0.4) is 0 Å². The molecule has 0 unspecified atom stereocenters. The van der Waals surface area contributed by atoms with E-state index in [0.29, 0.717) is 0 Å². The maximum atomic E-state index is 12.5. The summed E-state index contributed by atoms with van der Waals surface area (Å²) < 4.78 is 25.1. The van der Waals surface area contributed by atoms with E-state index in [2.05, 4.69) is 4.98 Å². The molecule has 15 heavy (non-hydrogen) atoms. The zero-order chi connectivity index (χ0) is 12.5. The number of halogens is 2. The molecule has 0 atom stereocenters. The van der Waals surface area contributed by atoms with Crippen molar-refractivity contribution in [1.29, 1.82) is 0 Å². The number of hydrogen-bond donors (Lipinski definition) is 0. The third kappa shape index (κ3) is 7.00. The fourth-order valence-corrected chi connectivity index (χ4v) is 0.727. The van der Waals surface area contributed by atoms with Crippen molar-refractivity contribution in [2.24, 2.45) is 0 Å². The molecule has 3 heteroatoms. The van der Waals surface area contributed by atoms with Gasteiger partial charge >= 0.3 is 0 Å². The Hall–Kier alpha value is -0.990. The van der Waals surface area contributed by atoms with Crippen LogP contribution >= 0.6 is 0 Å². The third-order valence-electron chi connectivity index (χ3n) is 1.42. The van der Waals surface area contributed by atoms with Gasteiger partial charge in [0.05, 0.1) is 0 Å². The molecule has 0 aliphatic rings. The summed E-state index contributed by atoms with van der Waals surface area (Å²) >= 11 is 0. The number of rotatable bonds is 1. The van der Waals surface area contributed by atoms with E-state index in [1.165, 1.54) is 12.3 Å². The van der Waals surface area contributed by atoms with Crippen molar-refractivity contribution in [3.8, 4) is 0 Å². The van der Waals surface area contributed by atoms with E-state index in [9.17, 15) is 8.78 Å². The number of pyridine rings is 1. The second kappa shape index (κ2) is 8.33. The van der Waals surface area contributed by atoms with Gasteiger partial charge in [-0.15, -0.1) is 0 Å². The lowest BCUT2D eigenvalue weighted by Crippen LogP contribution is -2.07. The van der Waals surface area contributed by atoms with E-state index in [-0.39, 0.29) is 5.56 Å². The molecule has 0 N–H and O–H groups in total. The van der Waals surface area contributed by atoms with Gasteiger partial charge in [-0.2, -0.15) is 0 Å². The molecule has 0 saturated carbocycles. The number of nitrogens with zero attached hydrogens (tertiary/aromatic N) is 1. The van der Waals surface area contributed by atoms with Crippen LogP contribution in [0.1, 0.15) is 45.9 Å². The van der Waals surface area contributed by atoms with E-state index in [1.807, 2.05) is 27.7 Å². The Labute approximate surface area is 91.5 Å². The van der Waals surface area contributed by atoms with Crippen molar-refractivity contribution >= 4 is 0 Å². The van der Waals surface area contributed by atoms with Crippen LogP contribution in [0, 0.1) is 6.92 Å². The lowest BCUT2D eigenvalue weighted by molar-refractivity contribution is 0.0171. The molecule has 1 rings (SSSR count). The van der Waals surface area contributed by atoms with Crippen molar-refractivity contribution in [2.75, 3.05) is 0 Å². The molecule has 1 heterocycles. The Morgan fingerprint density at radius 2 is 1.53 bits per heavy atom. The smallest absolute Gasteiger partial charge is 0.261 e. The van der Waals surface area contributed by atoms with E-state index in [1.54, 1.807) is 13.0 Å². The van der Waals surface area contributed by atoms with E-state index in [4.69, 9.17) is 0 Å². The number of aromatic nitrogens is 1. The second-order valence-corrected chi connectivity index (χ2v) is 2.58. The number of hydrogen-bond acceptors (Lipinski definition) is 1. The molecule has 0 fully saturated rings. The van der Waals surface area contributed by atoms with Crippen molar-refractivity contribution in [3.05, 3.63) is 29.6 Å². The SMILES string of the molecule is CC.CC.Cc1ccc(C(C)(F)F)cn1. The van der Waals surface area contributed by atoms with Gasteiger partial charge in [-0.3, -0.25) is 4.98 Å². The van der Waals surface area contributed by atoms with Gasteiger partial charge in [0.15, 0.2) is 0 Å². The molecule has 0 saturated heterocycles. The topological polar surface area (TPSA) is 12.9 Å². The minimum Gasteiger partial charge on any atom is -0.261 e. The first-order chi connectivity index (χ1) is 7.00. The fourth-order valence-electron chi connectivity index (χ4n) is 0.727. The first-order valence-electron chi connectivity index (χ1n) is 5.31. The fraction of sp³-hybridized carbons (Fsp3) is 0.583. The van der Waals surface area contributed by atoms with Crippen LogP contribution in [0.15, 0.2) is 18.3 Å². The lowest BCUT2D eigenvalue weighted by atomic mass is 10.2. The molecule has 0 aromatic carbocycles. The first-order valence-corrected chi connectivity index (χ1v) is 5.31. The highest BCUT2D eigenvalue weighted by Gasteiger charge is 2.23. The second-order valence-electron chi connectivity index (χ2n) is 2.58. The Balaban J connectivity index is 0. The molecule has 0 aliphatic carbocycles. The molecular weight excluding hydrogens is 196 g/mol. The standard InChI is InChI=1S/C8H9F2N.2C2H6/c1-6-3-4-7(5-11-6)8(2,9)10;2*1-2/h3-5H,1-2H3;2*1-2H3. The summed E-state index contributed by atoms with van der Waals surface area (Å²) in [6, 6.07) is 2.97. The highest BCUT2D eigenvalue weighted by molar-refractivity contribution is 5.17. The van der Waals surface area contributed by atoms with Gasteiger partial charge in [0.1, 0.15) is 0 Å². The van der Waals surface area contributed by atoms with Crippen LogP contribution in [-0.2, 0) is 5.92 Å². The Morgan fingerprint density at radius 1 is 1.07 bits per heavy atom. The average molecular weight is 217 g/mol. The van der Waals surface area contributed by atoms with Crippen LogP contribution < -0.4 is 0 Å². The highest BCUT2D eigenvalue weighted by Crippen LogP contribution is 2.25. The molecule has 1 aromatic rings. The van der Waals surface area contributed by atoms with Gasteiger partial charge in [-0.25, -0.2) is 8.78 Å². The Kier molecular flexibility index (Phi) is 9.13. The summed E-state index contributed by atoms with van der Waals surface area (Å²) in [5, 5.41) is 0. The summed E-state index contributed by atoms with van der Waals surface area (Å²) in [4.78, 5) is 3.77. The monoisotopic (exact) mass is 217 g/mol. The predicted molar refractivity (Wildman–Crippen MR) is 61.2 cm³/mol. The summed E-state index contributed by atoms with van der Waals surface area (Å²) in [6.45, 7) is 10.6. The van der Waals surface area contributed by atoms with Crippen LogP contribution in [0.5, 0.6) is 0 Å². The summed E-state index contributed by atoms with van der Waals surface area (Å²) in [6.07, 6.45) is 1.20. The Bertz CT molecular complexity index is 237. The molecule has 1 aromatic heterocycles. The lowest BCUT2D eigenvalue weighted by Gasteiger charge is -2.08. The Morgan fingerprint density at radius 3 is 1.80 bits per heavy atom. The quantitative estimate of drug-likeness (QED) is 0.672. The van der Waals surface area contributed by atoms with Gasteiger partial charge < -0.3 is 0 Å². The molecule has 88 valence electrons. The van der Waals surface area contributed by atoms with Gasteiger partial charge in [-0.1, -0.05) is 27.7 Å². The molecule has 0 amide bonds. The molecular formula is C12H21F2N. The average Bonchev–Trinajstić information content (AvgIpc) is 2.23. The van der Waals surface area contributed by atoms with Gasteiger partial charge in [0, 0.05) is 24.4 Å². The third-order valence-corrected chi connectivity index (χ3v) is 1.42. The predicted octanol–water partition coefficient (Wildman–Crippen LogP) is 4.55. The summed E-state index contributed by atoms with van der Waals surface area (Å²) in [5.41, 5.74) is 0.709. The summed E-state index contributed by atoms with van der Waals surface area (Å²) in [7, 11) is 0. The van der Waals surface area contributed by atoms with E-state index >= 15 is 0 Å². The van der Waals surface area contributed by atoms with Gasteiger partial charge in [0.2, 0.25) is 0 Å². The minimum absolute atomic E-state index is 0.0388. The molecule has 0 spiro atoms. The van der Waals surface area contributed by atoms with Crippen molar-refractivity contribution < 1.29 is 8.78 Å². The normalized spacial score (nSPS) is 9.33. The maximum absolute atomic E-state index is 12.5. The zero-order valence-electron chi connectivity index (χ0n) is 10.4. The van der Waals surface area contributed by atoms with Gasteiger partial charge in [-0.05, 0) is 19.1 Å². The maximum Gasteiger partial charge on any atom is 0.272 e. The van der Waals surface area contributed by atoms with Crippen LogP contribution in [0.4, 0.5) is 8.78 Å². The van der Waals surface area contributed by atoms with E-state index < -0.39 is 5.92 Å². The van der Waals surface area contributed by atoms with E-state index in [0.717, 1.165) is 12.6 Å². The van der Waals surface area contributed by atoms with Crippen LogP contribution in [0.2, 0.25) is 0 Å². The van der Waals surface area contributed by atoms with Crippen LogP contribution in [0.25, 0.3) is 0 Å². The molecule has 0 aliphatic heterocycles. The number of alkyl halides is 2. The molecule has 0 radical (unpaired) electrons.